The third-order valence-corrected chi connectivity index (χ3v) is 2.62. The summed E-state index contributed by atoms with van der Waals surface area (Å²) >= 11 is 0. The molecule has 0 aliphatic heterocycles. The number of rotatable bonds is 7. The van der Waals surface area contributed by atoms with Gasteiger partial charge in [-0.05, 0) is 44.9 Å². The number of alkyl carbamates (subject to hydrolysis) is 1. The van der Waals surface area contributed by atoms with E-state index in [9.17, 15) is 9.59 Å². The molecule has 6 nitrogen and oxygen atoms in total. The van der Waals surface area contributed by atoms with E-state index in [2.05, 4.69) is 5.32 Å². The van der Waals surface area contributed by atoms with Crippen LogP contribution in [0, 0.1) is 0 Å². The Morgan fingerprint density at radius 2 is 2.05 bits per heavy atom. The molecule has 22 heavy (non-hydrogen) atoms. The van der Waals surface area contributed by atoms with Crippen molar-refractivity contribution < 1.29 is 23.8 Å². The number of benzene rings is 1. The fourth-order valence-electron chi connectivity index (χ4n) is 1.72. The van der Waals surface area contributed by atoms with Crippen LogP contribution >= 0.6 is 0 Å². The molecule has 6 heteroatoms. The van der Waals surface area contributed by atoms with Crippen LogP contribution in [0.25, 0.3) is 0 Å². The smallest absolute Gasteiger partial charge is 0.407 e. The second-order valence-electron chi connectivity index (χ2n) is 5.72. The van der Waals surface area contributed by atoms with Crippen LogP contribution in [0.15, 0.2) is 18.2 Å². The third kappa shape index (κ3) is 6.58. The first-order valence-corrected chi connectivity index (χ1v) is 7.02. The van der Waals surface area contributed by atoms with Gasteiger partial charge in [-0.2, -0.15) is 0 Å². The van der Waals surface area contributed by atoms with Crippen molar-refractivity contribution >= 4 is 12.4 Å². The van der Waals surface area contributed by atoms with Gasteiger partial charge in [-0.3, -0.25) is 4.79 Å². The number of carbonyl (C=O) groups excluding carboxylic acids is 2. The third-order valence-electron chi connectivity index (χ3n) is 2.62. The molecule has 0 spiro atoms. The highest BCUT2D eigenvalue weighted by Gasteiger charge is 2.15. The summed E-state index contributed by atoms with van der Waals surface area (Å²) < 4.78 is 15.2. The highest BCUT2D eigenvalue weighted by atomic mass is 16.7. The van der Waals surface area contributed by atoms with Gasteiger partial charge in [-0.25, -0.2) is 4.79 Å². The first-order chi connectivity index (χ1) is 10.4. The fourth-order valence-corrected chi connectivity index (χ4v) is 1.72. The molecule has 0 heterocycles. The van der Waals surface area contributed by atoms with Gasteiger partial charge in [0.2, 0.25) is 0 Å². The van der Waals surface area contributed by atoms with Gasteiger partial charge in [0.05, 0.1) is 5.56 Å². The summed E-state index contributed by atoms with van der Waals surface area (Å²) in [4.78, 5) is 22.6. The lowest BCUT2D eigenvalue weighted by Gasteiger charge is -2.19. The maximum Gasteiger partial charge on any atom is 0.407 e. The maximum absolute atomic E-state index is 11.5. The molecule has 0 unspecified atom stereocenters. The Hall–Kier alpha value is -2.08. The van der Waals surface area contributed by atoms with Crippen molar-refractivity contribution in [2.45, 2.75) is 32.8 Å². The van der Waals surface area contributed by atoms with Gasteiger partial charge in [0.15, 0.2) is 13.1 Å². The Morgan fingerprint density at radius 3 is 2.64 bits per heavy atom. The van der Waals surface area contributed by atoms with Crippen LogP contribution < -0.4 is 10.1 Å². The Bertz CT molecular complexity index is 508. The van der Waals surface area contributed by atoms with Gasteiger partial charge >= 0.3 is 6.09 Å². The van der Waals surface area contributed by atoms with Crippen LogP contribution in [0.3, 0.4) is 0 Å². The second-order valence-corrected chi connectivity index (χ2v) is 5.72. The number of amides is 1. The minimum Gasteiger partial charge on any atom is -0.467 e. The molecule has 0 fully saturated rings. The van der Waals surface area contributed by atoms with Crippen molar-refractivity contribution in [3.05, 3.63) is 29.3 Å². The van der Waals surface area contributed by atoms with Gasteiger partial charge in [-0.1, -0.05) is 6.07 Å². The number of aldehydes is 1. The summed E-state index contributed by atoms with van der Waals surface area (Å²) in [5.41, 5.74) is 0.851. The van der Waals surface area contributed by atoms with E-state index in [0.717, 1.165) is 11.8 Å². The molecule has 0 aliphatic carbocycles. The fraction of sp³-hybridized carbons (Fsp3) is 0.500. The van der Waals surface area contributed by atoms with Crippen molar-refractivity contribution in [2.24, 2.45) is 0 Å². The molecule has 0 radical (unpaired) electrons. The Balaban J connectivity index is 2.53. The zero-order chi connectivity index (χ0) is 16.6. The number of methoxy groups -OCH3 is 1. The normalized spacial score (nSPS) is 10.9. The van der Waals surface area contributed by atoms with Crippen LogP contribution in [0.5, 0.6) is 5.75 Å². The summed E-state index contributed by atoms with van der Waals surface area (Å²) in [7, 11) is 1.51. The average molecular weight is 309 g/mol. The predicted molar refractivity (Wildman–Crippen MR) is 82.3 cm³/mol. The molecule has 1 amide bonds. The van der Waals surface area contributed by atoms with Crippen molar-refractivity contribution in [2.75, 3.05) is 20.4 Å². The molecule has 1 aromatic rings. The van der Waals surface area contributed by atoms with Crippen molar-refractivity contribution in [3.8, 4) is 5.75 Å². The van der Waals surface area contributed by atoms with E-state index >= 15 is 0 Å². The first-order valence-electron chi connectivity index (χ1n) is 7.02. The van der Waals surface area contributed by atoms with Crippen LogP contribution in [0.4, 0.5) is 4.79 Å². The van der Waals surface area contributed by atoms with E-state index in [1.54, 1.807) is 12.1 Å². The predicted octanol–water partition coefficient (Wildman–Crippen LogP) is 2.55. The average Bonchev–Trinajstić information content (AvgIpc) is 2.43. The van der Waals surface area contributed by atoms with Gasteiger partial charge in [-0.15, -0.1) is 0 Å². The second kappa shape index (κ2) is 8.38. The maximum atomic E-state index is 11.5. The lowest BCUT2D eigenvalue weighted by molar-refractivity contribution is 0.0503. The molecule has 1 rings (SSSR count). The highest BCUT2D eigenvalue weighted by Crippen LogP contribution is 2.18. The molecule has 0 aliphatic rings. The van der Waals surface area contributed by atoms with Gasteiger partial charge in [0.1, 0.15) is 11.4 Å². The van der Waals surface area contributed by atoms with Crippen LogP contribution in [-0.2, 0) is 15.9 Å². The Morgan fingerprint density at radius 1 is 1.32 bits per heavy atom. The number of ether oxygens (including phenoxy) is 3. The lowest BCUT2D eigenvalue weighted by Crippen LogP contribution is -2.33. The van der Waals surface area contributed by atoms with E-state index in [1.807, 2.05) is 26.8 Å². The van der Waals surface area contributed by atoms with Gasteiger partial charge < -0.3 is 19.5 Å². The van der Waals surface area contributed by atoms with Gasteiger partial charge in [0.25, 0.3) is 0 Å². The van der Waals surface area contributed by atoms with E-state index < -0.39 is 11.7 Å². The molecule has 0 bridgehead atoms. The van der Waals surface area contributed by atoms with Crippen molar-refractivity contribution in [1.82, 2.24) is 5.32 Å². The number of carbonyl (C=O) groups is 2. The van der Waals surface area contributed by atoms with Crippen molar-refractivity contribution in [1.29, 1.82) is 0 Å². The minimum absolute atomic E-state index is 0.0837. The molecule has 122 valence electrons. The van der Waals surface area contributed by atoms with E-state index in [0.29, 0.717) is 24.3 Å². The summed E-state index contributed by atoms with van der Waals surface area (Å²) in [5.74, 6) is 0.473. The summed E-state index contributed by atoms with van der Waals surface area (Å²) in [6.45, 7) is 5.93. The molecule has 0 saturated heterocycles. The molecule has 0 aromatic heterocycles. The van der Waals surface area contributed by atoms with Crippen LogP contribution in [-0.4, -0.2) is 38.4 Å². The van der Waals surface area contributed by atoms with Crippen molar-refractivity contribution in [3.63, 3.8) is 0 Å². The molecule has 1 aromatic carbocycles. The Labute approximate surface area is 130 Å². The monoisotopic (exact) mass is 309 g/mol. The molecular formula is C16H23NO5. The summed E-state index contributed by atoms with van der Waals surface area (Å²) in [6, 6.07) is 5.29. The zero-order valence-corrected chi connectivity index (χ0v) is 13.5. The zero-order valence-electron chi connectivity index (χ0n) is 13.5. The van der Waals surface area contributed by atoms with E-state index in [1.165, 1.54) is 7.11 Å². The first kappa shape index (κ1) is 18.0. The molecule has 0 saturated carbocycles. The largest absolute Gasteiger partial charge is 0.467 e. The molecular weight excluding hydrogens is 286 g/mol. The summed E-state index contributed by atoms with van der Waals surface area (Å²) in [5, 5.41) is 2.67. The SMILES string of the molecule is COCOc1ccc(CCNC(=O)OC(C)(C)C)cc1C=O. The molecule has 1 N–H and O–H groups in total. The number of nitrogens with one attached hydrogen (secondary N) is 1. The minimum atomic E-state index is -0.519. The van der Waals surface area contributed by atoms with E-state index in [-0.39, 0.29) is 6.79 Å². The van der Waals surface area contributed by atoms with Crippen LogP contribution in [0.1, 0.15) is 36.7 Å². The quantitative estimate of drug-likeness (QED) is 0.619. The summed E-state index contributed by atoms with van der Waals surface area (Å²) in [6.07, 6.45) is 0.864. The standard InChI is InChI=1S/C16H23NO5/c1-16(2,3)22-15(19)17-8-7-12-5-6-14(21-11-20-4)13(9-12)10-18/h5-6,9-10H,7-8,11H2,1-4H3,(H,17,19). The Kier molecular flexibility index (Phi) is 6.85. The highest BCUT2D eigenvalue weighted by molar-refractivity contribution is 5.79. The number of hydrogen-bond acceptors (Lipinski definition) is 5. The molecule has 0 atom stereocenters. The van der Waals surface area contributed by atoms with Crippen LogP contribution in [0.2, 0.25) is 0 Å². The lowest BCUT2D eigenvalue weighted by atomic mass is 10.1. The van der Waals surface area contributed by atoms with E-state index in [4.69, 9.17) is 14.2 Å². The van der Waals surface area contributed by atoms with Gasteiger partial charge in [0, 0.05) is 13.7 Å². The number of hydrogen-bond donors (Lipinski definition) is 1. The topological polar surface area (TPSA) is 73.9 Å².